The molecule has 2 rings (SSSR count). The highest BCUT2D eigenvalue weighted by molar-refractivity contribution is 5.93. The molecule has 0 saturated heterocycles. The van der Waals surface area contributed by atoms with Gasteiger partial charge < -0.3 is 20.3 Å². The Bertz CT molecular complexity index is 757. The monoisotopic (exact) mass is 355 g/mol. The minimum absolute atomic E-state index is 0.00703. The van der Waals surface area contributed by atoms with Crippen molar-refractivity contribution in [2.45, 2.75) is 13.1 Å². The summed E-state index contributed by atoms with van der Waals surface area (Å²) < 4.78 is 5.25. The number of hydrogen-bond donors (Lipinski definition) is 2. The van der Waals surface area contributed by atoms with E-state index in [4.69, 9.17) is 4.74 Å². The van der Waals surface area contributed by atoms with Crippen molar-refractivity contribution in [2.24, 2.45) is 4.99 Å². The van der Waals surface area contributed by atoms with Crippen molar-refractivity contribution in [2.75, 3.05) is 28.3 Å². The molecule has 1 heterocycles. The second-order valence-electron chi connectivity index (χ2n) is 5.85. The van der Waals surface area contributed by atoms with Gasteiger partial charge in [-0.1, -0.05) is 18.2 Å². The molecule has 1 amide bonds. The van der Waals surface area contributed by atoms with E-state index in [-0.39, 0.29) is 5.91 Å². The van der Waals surface area contributed by atoms with Crippen LogP contribution in [-0.2, 0) is 13.1 Å². The Morgan fingerprint density at radius 3 is 2.46 bits per heavy atom. The number of benzene rings is 1. The highest BCUT2D eigenvalue weighted by Crippen LogP contribution is 2.12. The average molecular weight is 355 g/mol. The number of methoxy groups -OCH3 is 1. The summed E-state index contributed by atoms with van der Waals surface area (Å²) in [4.78, 5) is 21.9. The third kappa shape index (κ3) is 5.20. The van der Waals surface area contributed by atoms with E-state index in [0.29, 0.717) is 30.5 Å². The molecule has 0 radical (unpaired) electrons. The van der Waals surface area contributed by atoms with E-state index in [1.807, 2.05) is 36.4 Å². The van der Waals surface area contributed by atoms with Crippen molar-refractivity contribution >= 4 is 11.9 Å². The SMILES string of the molecule is CN=C(NCc1ccc(C(=O)N(C)C)cc1)NCc1cccnc1OC. The van der Waals surface area contributed by atoms with Crippen molar-refractivity contribution in [3.63, 3.8) is 0 Å². The van der Waals surface area contributed by atoms with Crippen LogP contribution in [0.5, 0.6) is 5.88 Å². The zero-order valence-corrected chi connectivity index (χ0v) is 15.6. The average Bonchev–Trinajstić information content (AvgIpc) is 2.68. The van der Waals surface area contributed by atoms with Crippen LogP contribution in [0.3, 0.4) is 0 Å². The van der Waals surface area contributed by atoms with Crippen LogP contribution in [0.15, 0.2) is 47.6 Å². The van der Waals surface area contributed by atoms with Gasteiger partial charge in [0.05, 0.1) is 7.11 Å². The van der Waals surface area contributed by atoms with E-state index in [0.717, 1.165) is 11.1 Å². The Morgan fingerprint density at radius 1 is 1.15 bits per heavy atom. The maximum absolute atomic E-state index is 11.9. The van der Waals surface area contributed by atoms with Gasteiger partial charge in [0, 0.05) is 51.6 Å². The van der Waals surface area contributed by atoms with Crippen LogP contribution in [-0.4, -0.2) is 50.0 Å². The summed E-state index contributed by atoms with van der Waals surface area (Å²) in [6.07, 6.45) is 1.69. The Morgan fingerprint density at radius 2 is 1.85 bits per heavy atom. The van der Waals surface area contributed by atoms with Crippen LogP contribution in [0.25, 0.3) is 0 Å². The number of carbonyl (C=O) groups excluding carboxylic acids is 1. The smallest absolute Gasteiger partial charge is 0.253 e. The van der Waals surface area contributed by atoms with Gasteiger partial charge in [-0.3, -0.25) is 9.79 Å². The number of pyridine rings is 1. The van der Waals surface area contributed by atoms with E-state index in [1.165, 1.54) is 0 Å². The van der Waals surface area contributed by atoms with Crippen molar-refractivity contribution in [3.8, 4) is 5.88 Å². The Labute approximate surface area is 154 Å². The van der Waals surface area contributed by atoms with Crippen LogP contribution in [0, 0.1) is 0 Å². The lowest BCUT2D eigenvalue weighted by atomic mass is 10.1. The molecule has 0 aliphatic heterocycles. The molecule has 1 aromatic carbocycles. The summed E-state index contributed by atoms with van der Waals surface area (Å²) in [5.74, 6) is 1.26. The van der Waals surface area contributed by atoms with Gasteiger partial charge in [-0.2, -0.15) is 0 Å². The highest BCUT2D eigenvalue weighted by atomic mass is 16.5. The predicted octanol–water partition coefficient (Wildman–Crippen LogP) is 1.66. The first-order valence-corrected chi connectivity index (χ1v) is 8.28. The quantitative estimate of drug-likeness (QED) is 0.609. The molecule has 0 aliphatic rings. The van der Waals surface area contributed by atoms with Crippen molar-refractivity contribution < 1.29 is 9.53 Å². The van der Waals surface area contributed by atoms with E-state index >= 15 is 0 Å². The van der Waals surface area contributed by atoms with E-state index in [9.17, 15) is 4.79 Å². The minimum Gasteiger partial charge on any atom is -0.481 e. The molecular formula is C19H25N5O2. The summed E-state index contributed by atoms with van der Waals surface area (Å²) in [6, 6.07) is 11.3. The Hall–Kier alpha value is -3.09. The van der Waals surface area contributed by atoms with Gasteiger partial charge in [0.15, 0.2) is 5.96 Å². The van der Waals surface area contributed by atoms with Crippen molar-refractivity contribution in [1.82, 2.24) is 20.5 Å². The third-order valence-corrected chi connectivity index (χ3v) is 3.78. The Kier molecular flexibility index (Phi) is 6.96. The van der Waals surface area contributed by atoms with Gasteiger partial charge >= 0.3 is 0 Å². The van der Waals surface area contributed by atoms with E-state index in [2.05, 4.69) is 20.6 Å². The number of aromatic nitrogens is 1. The number of nitrogens with zero attached hydrogens (tertiary/aromatic N) is 3. The van der Waals surface area contributed by atoms with Gasteiger partial charge in [0.2, 0.25) is 5.88 Å². The van der Waals surface area contributed by atoms with E-state index < -0.39 is 0 Å². The third-order valence-electron chi connectivity index (χ3n) is 3.78. The van der Waals surface area contributed by atoms with Gasteiger partial charge in [0.1, 0.15) is 0 Å². The first-order chi connectivity index (χ1) is 12.5. The maximum atomic E-state index is 11.9. The molecule has 0 spiro atoms. The molecule has 0 aliphatic carbocycles. The van der Waals surface area contributed by atoms with Gasteiger partial charge in [0.25, 0.3) is 5.91 Å². The van der Waals surface area contributed by atoms with Gasteiger partial charge in [-0.25, -0.2) is 4.98 Å². The molecular weight excluding hydrogens is 330 g/mol. The number of amides is 1. The van der Waals surface area contributed by atoms with Gasteiger partial charge in [-0.05, 0) is 23.8 Å². The number of carbonyl (C=O) groups is 1. The topological polar surface area (TPSA) is 78.9 Å². The number of hydrogen-bond acceptors (Lipinski definition) is 4. The molecule has 138 valence electrons. The van der Waals surface area contributed by atoms with Gasteiger partial charge in [-0.15, -0.1) is 0 Å². The van der Waals surface area contributed by atoms with Crippen LogP contribution < -0.4 is 15.4 Å². The minimum atomic E-state index is -0.00703. The molecule has 1 aromatic heterocycles. The number of aliphatic imine (C=N–C) groups is 1. The molecule has 0 fully saturated rings. The summed E-state index contributed by atoms with van der Waals surface area (Å²) in [5.41, 5.74) is 2.68. The zero-order valence-electron chi connectivity index (χ0n) is 15.6. The Balaban J connectivity index is 1.90. The van der Waals surface area contributed by atoms with Crippen molar-refractivity contribution in [1.29, 1.82) is 0 Å². The number of rotatable bonds is 6. The fraction of sp³-hybridized carbons (Fsp3) is 0.316. The molecule has 0 bridgehead atoms. The molecule has 26 heavy (non-hydrogen) atoms. The molecule has 2 N–H and O–H groups in total. The lowest BCUT2D eigenvalue weighted by Gasteiger charge is -2.14. The number of nitrogens with one attached hydrogen (secondary N) is 2. The summed E-state index contributed by atoms with van der Waals surface area (Å²) >= 11 is 0. The van der Waals surface area contributed by atoms with Crippen molar-refractivity contribution in [3.05, 3.63) is 59.3 Å². The lowest BCUT2D eigenvalue weighted by Crippen LogP contribution is -2.36. The summed E-state index contributed by atoms with van der Waals surface area (Å²) in [7, 11) is 6.80. The molecule has 0 atom stereocenters. The predicted molar refractivity (Wildman–Crippen MR) is 102 cm³/mol. The van der Waals surface area contributed by atoms with Crippen LogP contribution in [0.4, 0.5) is 0 Å². The first-order valence-electron chi connectivity index (χ1n) is 8.28. The first kappa shape index (κ1) is 19.2. The van der Waals surface area contributed by atoms with Crippen LogP contribution in [0.1, 0.15) is 21.5 Å². The standard InChI is InChI=1S/C19H25N5O2/c1-20-19(23-13-16-6-5-11-21-17(16)26-4)22-12-14-7-9-15(10-8-14)18(25)24(2)3/h5-11H,12-13H2,1-4H3,(H2,20,22,23). The lowest BCUT2D eigenvalue weighted by molar-refractivity contribution is 0.0827. The highest BCUT2D eigenvalue weighted by Gasteiger charge is 2.08. The fourth-order valence-electron chi connectivity index (χ4n) is 2.35. The molecule has 0 unspecified atom stereocenters. The second kappa shape index (κ2) is 9.41. The van der Waals surface area contributed by atoms with Crippen LogP contribution >= 0.6 is 0 Å². The fourth-order valence-corrected chi connectivity index (χ4v) is 2.35. The zero-order chi connectivity index (χ0) is 18.9. The normalized spacial score (nSPS) is 11.0. The molecule has 0 saturated carbocycles. The summed E-state index contributed by atoms with van der Waals surface area (Å²) in [5, 5.41) is 6.48. The molecule has 2 aromatic rings. The summed E-state index contributed by atoms with van der Waals surface area (Å²) in [6.45, 7) is 1.15. The van der Waals surface area contributed by atoms with Crippen LogP contribution in [0.2, 0.25) is 0 Å². The second-order valence-corrected chi connectivity index (χ2v) is 5.85. The molecule has 7 nitrogen and oxygen atoms in total. The molecule has 7 heteroatoms. The largest absolute Gasteiger partial charge is 0.481 e. The number of guanidine groups is 1. The number of ether oxygens (including phenoxy) is 1. The maximum Gasteiger partial charge on any atom is 0.253 e. The van der Waals surface area contributed by atoms with E-state index in [1.54, 1.807) is 39.3 Å².